The average Bonchev–Trinajstić information content (AvgIpc) is 3.20. The molecule has 1 amide bonds. The largest absolute Gasteiger partial charge is 0.353 e. The van der Waals surface area contributed by atoms with Crippen LogP contribution < -0.4 is 10.6 Å². The van der Waals surface area contributed by atoms with Crippen LogP contribution in [0.4, 0.5) is 0 Å². The van der Waals surface area contributed by atoms with E-state index in [1.807, 2.05) is 30.3 Å². The normalized spacial score (nSPS) is 32.2. The van der Waals surface area contributed by atoms with Gasteiger partial charge in [-0.1, -0.05) is 30.3 Å². The van der Waals surface area contributed by atoms with Crippen molar-refractivity contribution in [1.82, 2.24) is 30.8 Å². The molecule has 28 heavy (non-hydrogen) atoms. The first-order valence-corrected chi connectivity index (χ1v) is 10.6. The number of benzene rings is 1. The first-order valence-electron chi connectivity index (χ1n) is 10.6. The molecule has 0 unspecified atom stereocenters. The van der Waals surface area contributed by atoms with E-state index in [1.165, 1.54) is 6.42 Å². The Morgan fingerprint density at radius 1 is 1.11 bits per heavy atom. The van der Waals surface area contributed by atoms with E-state index < -0.39 is 0 Å². The number of tetrazole rings is 1. The Hall–Kier alpha value is -2.28. The molecule has 3 atom stereocenters. The van der Waals surface area contributed by atoms with E-state index >= 15 is 0 Å². The second kappa shape index (κ2) is 7.62. The van der Waals surface area contributed by atoms with Crippen LogP contribution in [0.15, 0.2) is 30.3 Å². The van der Waals surface area contributed by atoms with Gasteiger partial charge in [0.1, 0.15) is 0 Å². The van der Waals surface area contributed by atoms with Crippen LogP contribution in [0.1, 0.15) is 44.6 Å². The summed E-state index contributed by atoms with van der Waals surface area (Å²) in [4.78, 5) is 14.4. The molecule has 2 aromatic rings. The van der Waals surface area contributed by atoms with Gasteiger partial charge in [-0.3, -0.25) is 4.79 Å². The standard InChI is InChI=1S/C21H28N6O/c28-21(18-12-15-10-11-22-13-19(15)18)23-16-6-8-17(9-7-16)27-25-20(24-26-27)14-4-2-1-3-5-14/h1-5,15-19,22H,6-13H2,(H,23,28)/t15-,16?,17?,18-,19-/m1/s1. The quantitative estimate of drug-likeness (QED) is 0.849. The van der Waals surface area contributed by atoms with Gasteiger partial charge >= 0.3 is 0 Å². The highest BCUT2D eigenvalue weighted by atomic mass is 16.2. The fraction of sp³-hybridized carbons (Fsp3) is 0.619. The van der Waals surface area contributed by atoms with Gasteiger partial charge in [-0.2, -0.15) is 4.80 Å². The molecule has 1 aromatic heterocycles. The second-order valence-corrected chi connectivity index (χ2v) is 8.57. The SMILES string of the molecule is O=C(NC1CCC(n2nnc(-c3ccccc3)n2)CC1)[C@@H]1C[C@H]2CCNC[C@H]21. The van der Waals surface area contributed by atoms with Crippen LogP contribution >= 0.6 is 0 Å². The zero-order chi connectivity index (χ0) is 18.9. The van der Waals surface area contributed by atoms with E-state index in [-0.39, 0.29) is 23.9 Å². The summed E-state index contributed by atoms with van der Waals surface area (Å²) < 4.78 is 0. The number of nitrogens with one attached hydrogen (secondary N) is 2. The number of rotatable bonds is 4. The Morgan fingerprint density at radius 2 is 1.93 bits per heavy atom. The van der Waals surface area contributed by atoms with Crippen LogP contribution in [0.5, 0.6) is 0 Å². The highest BCUT2D eigenvalue weighted by Crippen LogP contribution is 2.44. The molecule has 7 heteroatoms. The molecule has 0 bridgehead atoms. The Bertz CT molecular complexity index is 813. The first-order chi connectivity index (χ1) is 13.8. The molecular formula is C21H28N6O. The average molecular weight is 380 g/mol. The maximum atomic E-state index is 12.7. The Kier molecular flexibility index (Phi) is 4.84. The molecule has 0 spiro atoms. The van der Waals surface area contributed by atoms with E-state index in [9.17, 15) is 4.79 Å². The van der Waals surface area contributed by atoms with E-state index in [0.717, 1.165) is 56.7 Å². The van der Waals surface area contributed by atoms with Gasteiger partial charge in [0.05, 0.1) is 6.04 Å². The number of nitrogens with zero attached hydrogens (tertiary/aromatic N) is 4. The molecule has 0 radical (unpaired) electrons. The lowest BCUT2D eigenvalue weighted by molar-refractivity contribution is -0.135. The summed E-state index contributed by atoms with van der Waals surface area (Å²) in [7, 11) is 0. The second-order valence-electron chi connectivity index (χ2n) is 8.57. The number of fused-ring (bicyclic) bond motifs is 1. The van der Waals surface area contributed by atoms with Crippen molar-refractivity contribution in [2.45, 2.75) is 50.6 Å². The summed E-state index contributed by atoms with van der Waals surface area (Å²) >= 11 is 0. The van der Waals surface area contributed by atoms with Gasteiger partial charge in [-0.25, -0.2) is 0 Å². The third-order valence-corrected chi connectivity index (χ3v) is 6.92. The fourth-order valence-electron chi connectivity index (χ4n) is 5.15. The number of piperidine rings is 1. The van der Waals surface area contributed by atoms with Crippen LogP contribution in [0.25, 0.3) is 11.4 Å². The van der Waals surface area contributed by atoms with Crippen LogP contribution in [0, 0.1) is 17.8 Å². The molecule has 3 fully saturated rings. The number of amides is 1. The highest BCUT2D eigenvalue weighted by Gasteiger charge is 2.46. The maximum Gasteiger partial charge on any atom is 0.223 e. The van der Waals surface area contributed by atoms with Crippen molar-refractivity contribution in [3.05, 3.63) is 30.3 Å². The molecule has 2 saturated carbocycles. The van der Waals surface area contributed by atoms with E-state index in [2.05, 4.69) is 26.0 Å². The third-order valence-electron chi connectivity index (χ3n) is 6.92. The fourth-order valence-corrected chi connectivity index (χ4v) is 5.15. The number of aromatic nitrogens is 4. The van der Waals surface area contributed by atoms with Crippen molar-refractivity contribution in [3.8, 4) is 11.4 Å². The van der Waals surface area contributed by atoms with E-state index in [1.54, 1.807) is 4.80 Å². The summed E-state index contributed by atoms with van der Waals surface area (Å²) in [6.07, 6.45) is 6.24. The maximum absolute atomic E-state index is 12.7. The summed E-state index contributed by atoms with van der Waals surface area (Å²) in [6, 6.07) is 10.5. The molecule has 1 aromatic carbocycles. The lowest BCUT2D eigenvalue weighted by Gasteiger charge is -2.47. The number of carbonyl (C=O) groups is 1. The Balaban J connectivity index is 1.13. The van der Waals surface area contributed by atoms with Crippen molar-refractivity contribution in [2.24, 2.45) is 17.8 Å². The number of hydrogen-bond acceptors (Lipinski definition) is 5. The van der Waals surface area contributed by atoms with Gasteiger partial charge in [0.2, 0.25) is 11.7 Å². The van der Waals surface area contributed by atoms with E-state index in [0.29, 0.717) is 11.7 Å². The predicted molar refractivity (Wildman–Crippen MR) is 105 cm³/mol. The molecule has 2 heterocycles. The van der Waals surface area contributed by atoms with Gasteiger partial charge in [-0.05, 0) is 68.7 Å². The van der Waals surface area contributed by atoms with Gasteiger partial charge in [0.25, 0.3) is 0 Å². The topological polar surface area (TPSA) is 84.7 Å². The minimum Gasteiger partial charge on any atom is -0.353 e. The number of carbonyl (C=O) groups excluding carboxylic acids is 1. The predicted octanol–water partition coefficient (Wildman–Crippen LogP) is 2.19. The first kappa shape index (κ1) is 17.8. The number of hydrogen-bond donors (Lipinski definition) is 2. The minimum absolute atomic E-state index is 0.223. The van der Waals surface area contributed by atoms with Crippen LogP contribution in [0.3, 0.4) is 0 Å². The highest BCUT2D eigenvalue weighted by molar-refractivity contribution is 5.80. The van der Waals surface area contributed by atoms with Crippen molar-refractivity contribution >= 4 is 5.91 Å². The summed E-state index contributed by atoms with van der Waals surface area (Å²) in [5.41, 5.74) is 0.991. The van der Waals surface area contributed by atoms with Crippen LogP contribution in [-0.2, 0) is 4.79 Å². The van der Waals surface area contributed by atoms with Crippen molar-refractivity contribution in [2.75, 3.05) is 13.1 Å². The molecule has 2 N–H and O–H groups in total. The molecule has 3 aliphatic rings. The Morgan fingerprint density at radius 3 is 2.71 bits per heavy atom. The molecule has 7 nitrogen and oxygen atoms in total. The molecule has 148 valence electrons. The van der Waals surface area contributed by atoms with Gasteiger partial charge < -0.3 is 10.6 Å². The van der Waals surface area contributed by atoms with E-state index in [4.69, 9.17) is 0 Å². The van der Waals surface area contributed by atoms with Crippen molar-refractivity contribution in [1.29, 1.82) is 0 Å². The van der Waals surface area contributed by atoms with Crippen molar-refractivity contribution in [3.63, 3.8) is 0 Å². The smallest absolute Gasteiger partial charge is 0.223 e. The van der Waals surface area contributed by atoms with Crippen molar-refractivity contribution < 1.29 is 4.79 Å². The third kappa shape index (κ3) is 3.43. The lowest BCUT2D eigenvalue weighted by atomic mass is 9.61. The Labute approximate surface area is 165 Å². The molecule has 5 rings (SSSR count). The molecule has 1 aliphatic heterocycles. The van der Waals surface area contributed by atoms with Crippen LogP contribution in [-0.4, -0.2) is 45.2 Å². The van der Waals surface area contributed by atoms with Crippen LogP contribution in [0.2, 0.25) is 0 Å². The summed E-state index contributed by atoms with van der Waals surface area (Å²) in [5, 5.41) is 19.8. The van der Waals surface area contributed by atoms with Gasteiger partial charge in [0.15, 0.2) is 0 Å². The lowest BCUT2D eigenvalue weighted by Crippen LogP contribution is -2.55. The van der Waals surface area contributed by atoms with Gasteiger partial charge in [-0.15, -0.1) is 10.2 Å². The summed E-state index contributed by atoms with van der Waals surface area (Å²) in [5.74, 6) is 2.50. The molecule has 1 saturated heterocycles. The monoisotopic (exact) mass is 380 g/mol. The van der Waals surface area contributed by atoms with Gasteiger partial charge in [0, 0.05) is 17.5 Å². The minimum atomic E-state index is 0.223. The summed E-state index contributed by atoms with van der Waals surface area (Å²) in [6.45, 7) is 2.12. The molecular weight excluding hydrogens is 352 g/mol. The molecule has 2 aliphatic carbocycles. The zero-order valence-corrected chi connectivity index (χ0v) is 16.1. The zero-order valence-electron chi connectivity index (χ0n) is 16.1.